The summed E-state index contributed by atoms with van der Waals surface area (Å²) in [6.07, 6.45) is 0. The molecule has 0 spiro atoms. The lowest BCUT2D eigenvalue weighted by molar-refractivity contribution is -0.137. The number of amides is 2. The highest BCUT2D eigenvalue weighted by atomic mass is 16.2. The molecule has 0 aliphatic carbocycles. The number of likely N-dealkylation sites (N-methyl/N-ethyl adjacent to an activating group) is 2. The minimum atomic E-state index is -0.0922. The molecular weight excluding hydrogens is 316 g/mol. The maximum absolute atomic E-state index is 12.4. The monoisotopic (exact) mass is 346 g/mol. The molecule has 1 saturated heterocycles. The second-order valence-electron chi connectivity index (χ2n) is 6.40. The van der Waals surface area contributed by atoms with Crippen LogP contribution in [-0.2, 0) is 16.1 Å². The van der Waals surface area contributed by atoms with Crippen LogP contribution in [0.5, 0.6) is 0 Å². The summed E-state index contributed by atoms with van der Waals surface area (Å²) in [7, 11) is 0. The van der Waals surface area contributed by atoms with Gasteiger partial charge in [0.25, 0.3) is 0 Å². The fourth-order valence-corrected chi connectivity index (χ4v) is 3.04. The number of carbonyl (C=O) groups excluding carboxylic acids is 2. The number of hydrogen-bond donors (Lipinski definition) is 1. The molecule has 138 valence electrons. The molecule has 6 nitrogen and oxygen atoms in total. The molecule has 1 heterocycles. The van der Waals surface area contributed by atoms with Crippen LogP contribution in [0.25, 0.3) is 0 Å². The predicted molar refractivity (Wildman–Crippen MR) is 99.1 cm³/mol. The lowest BCUT2D eigenvalue weighted by atomic mass is 10.2. The molecule has 0 atom stereocenters. The predicted octanol–water partition coefficient (Wildman–Crippen LogP) is 0.789. The van der Waals surface area contributed by atoms with Crippen molar-refractivity contribution < 1.29 is 9.59 Å². The highest BCUT2D eigenvalue weighted by Gasteiger charge is 2.22. The van der Waals surface area contributed by atoms with Crippen LogP contribution >= 0.6 is 0 Å². The first kappa shape index (κ1) is 19.4. The lowest BCUT2D eigenvalue weighted by Gasteiger charge is -2.35. The third-order valence-corrected chi connectivity index (χ3v) is 4.52. The average molecular weight is 346 g/mol. The first-order chi connectivity index (χ1) is 12.1. The molecule has 1 aliphatic heterocycles. The quantitative estimate of drug-likeness (QED) is 0.756. The number of piperazine rings is 1. The Bertz CT molecular complexity index is 542. The fourth-order valence-electron chi connectivity index (χ4n) is 3.04. The number of hydrogen-bond acceptors (Lipinski definition) is 4. The van der Waals surface area contributed by atoms with E-state index in [2.05, 4.69) is 39.4 Å². The zero-order valence-corrected chi connectivity index (χ0v) is 15.4. The van der Waals surface area contributed by atoms with E-state index in [4.69, 9.17) is 0 Å². The molecule has 1 aromatic rings. The van der Waals surface area contributed by atoms with Gasteiger partial charge in [-0.25, -0.2) is 0 Å². The van der Waals surface area contributed by atoms with E-state index in [1.807, 2.05) is 19.9 Å². The van der Waals surface area contributed by atoms with E-state index in [1.54, 1.807) is 4.90 Å². The van der Waals surface area contributed by atoms with Gasteiger partial charge >= 0.3 is 0 Å². The molecule has 0 saturated carbocycles. The number of nitrogens with one attached hydrogen (secondary N) is 1. The third-order valence-electron chi connectivity index (χ3n) is 4.52. The molecule has 0 bridgehead atoms. The van der Waals surface area contributed by atoms with Crippen molar-refractivity contribution in [2.45, 2.75) is 20.4 Å². The molecule has 6 heteroatoms. The SMILES string of the molecule is CCNC(=O)CN(CC)C(=O)CN1CCN(Cc2ccccc2)CC1. The van der Waals surface area contributed by atoms with Crippen molar-refractivity contribution in [1.82, 2.24) is 20.0 Å². The largest absolute Gasteiger partial charge is 0.355 e. The van der Waals surface area contributed by atoms with Crippen LogP contribution in [0.2, 0.25) is 0 Å². The van der Waals surface area contributed by atoms with Gasteiger partial charge in [-0.1, -0.05) is 30.3 Å². The number of carbonyl (C=O) groups is 2. The molecule has 0 aromatic heterocycles. The first-order valence-corrected chi connectivity index (χ1v) is 9.15. The van der Waals surface area contributed by atoms with Crippen LogP contribution in [0.15, 0.2) is 30.3 Å². The summed E-state index contributed by atoms with van der Waals surface area (Å²) in [5.74, 6) is -0.0596. The van der Waals surface area contributed by atoms with Crippen molar-refractivity contribution in [3.63, 3.8) is 0 Å². The van der Waals surface area contributed by atoms with Crippen LogP contribution in [0, 0.1) is 0 Å². The Hall–Kier alpha value is -1.92. The van der Waals surface area contributed by atoms with Crippen molar-refractivity contribution in [3.05, 3.63) is 35.9 Å². The Labute approximate surface area is 150 Å². The maximum atomic E-state index is 12.4. The van der Waals surface area contributed by atoms with Gasteiger partial charge in [-0.2, -0.15) is 0 Å². The zero-order valence-electron chi connectivity index (χ0n) is 15.4. The van der Waals surface area contributed by atoms with Gasteiger partial charge in [0.15, 0.2) is 0 Å². The minimum absolute atomic E-state index is 0.0327. The van der Waals surface area contributed by atoms with Gasteiger partial charge < -0.3 is 10.2 Å². The van der Waals surface area contributed by atoms with E-state index in [1.165, 1.54) is 5.56 Å². The Morgan fingerprint density at radius 2 is 1.68 bits per heavy atom. The number of nitrogens with zero attached hydrogens (tertiary/aromatic N) is 3. The molecule has 1 N–H and O–H groups in total. The van der Waals surface area contributed by atoms with Gasteiger partial charge in [-0.05, 0) is 19.4 Å². The Balaban J connectivity index is 1.74. The molecule has 0 unspecified atom stereocenters. The van der Waals surface area contributed by atoms with Gasteiger partial charge in [0.05, 0.1) is 13.1 Å². The van der Waals surface area contributed by atoms with Gasteiger partial charge in [0.2, 0.25) is 11.8 Å². The van der Waals surface area contributed by atoms with Crippen molar-refractivity contribution in [3.8, 4) is 0 Å². The standard InChI is InChI=1S/C19H30N4O2/c1-3-20-18(24)15-23(4-2)19(25)16-22-12-10-21(11-13-22)14-17-8-6-5-7-9-17/h5-9H,3-4,10-16H2,1-2H3,(H,20,24). The summed E-state index contributed by atoms with van der Waals surface area (Å²) in [6.45, 7) is 10.1. The third kappa shape index (κ3) is 6.48. The summed E-state index contributed by atoms with van der Waals surface area (Å²) in [5, 5.41) is 2.74. The van der Waals surface area contributed by atoms with Gasteiger partial charge in [0.1, 0.15) is 0 Å². The molecule has 2 amide bonds. The van der Waals surface area contributed by atoms with E-state index in [-0.39, 0.29) is 18.4 Å². The van der Waals surface area contributed by atoms with E-state index in [0.717, 1.165) is 32.7 Å². The van der Waals surface area contributed by atoms with Crippen LogP contribution in [0.1, 0.15) is 19.4 Å². The lowest BCUT2D eigenvalue weighted by Crippen LogP contribution is -2.50. The molecular formula is C19H30N4O2. The summed E-state index contributed by atoms with van der Waals surface area (Å²) in [6, 6.07) is 10.5. The second-order valence-corrected chi connectivity index (χ2v) is 6.40. The summed E-state index contributed by atoms with van der Waals surface area (Å²) < 4.78 is 0. The van der Waals surface area contributed by atoms with Gasteiger partial charge in [0, 0.05) is 45.8 Å². The van der Waals surface area contributed by atoms with Crippen molar-refractivity contribution in [2.24, 2.45) is 0 Å². The molecule has 1 aromatic carbocycles. The summed E-state index contributed by atoms with van der Waals surface area (Å²) >= 11 is 0. The zero-order chi connectivity index (χ0) is 18.1. The topological polar surface area (TPSA) is 55.9 Å². The molecule has 2 rings (SSSR count). The molecule has 1 fully saturated rings. The molecule has 25 heavy (non-hydrogen) atoms. The van der Waals surface area contributed by atoms with Crippen molar-refractivity contribution in [2.75, 3.05) is 52.4 Å². The highest BCUT2D eigenvalue weighted by molar-refractivity contribution is 5.85. The first-order valence-electron chi connectivity index (χ1n) is 9.15. The van der Waals surface area contributed by atoms with Crippen molar-refractivity contribution in [1.29, 1.82) is 0 Å². The van der Waals surface area contributed by atoms with Gasteiger partial charge in [-0.3, -0.25) is 19.4 Å². The highest BCUT2D eigenvalue weighted by Crippen LogP contribution is 2.08. The molecule has 1 aliphatic rings. The van der Waals surface area contributed by atoms with E-state index in [0.29, 0.717) is 19.6 Å². The Kier molecular flexibility index (Phi) is 7.88. The van der Waals surface area contributed by atoms with E-state index < -0.39 is 0 Å². The number of benzene rings is 1. The van der Waals surface area contributed by atoms with Gasteiger partial charge in [-0.15, -0.1) is 0 Å². The Morgan fingerprint density at radius 3 is 2.28 bits per heavy atom. The van der Waals surface area contributed by atoms with Crippen LogP contribution in [0.4, 0.5) is 0 Å². The van der Waals surface area contributed by atoms with E-state index in [9.17, 15) is 9.59 Å². The summed E-state index contributed by atoms with van der Waals surface area (Å²) in [5.41, 5.74) is 1.33. The van der Waals surface area contributed by atoms with E-state index >= 15 is 0 Å². The van der Waals surface area contributed by atoms with Crippen LogP contribution < -0.4 is 5.32 Å². The maximum Gasteiger partial charge on any atom is 0.239 e. The second kappa shape index (κ2) is 10.2. The fraction of sp³-hybridized carbons (Fsp3) is 0.579. The summed E-state index contributed by atoms with van der Waals surface area (Å²) in [4.78, 5) is 30.4. The van der Waals surface area contributed by atoms with Crippen LogP contribution in [0.3, 0.4) is 0 Å². The molecule has 0 radical (unpaired) electrons. The Morgan fingerprint density at radius 1 is 1.04 bits per heavy atom. The normalized spacial score (nSPS) is 15.8. The van der Waals surface area contributed by atoms with Crippen LogP contribution in [-0.4, -0.2) is 78.9 Å². The average Bonchev–Trinajstić information content (AvgIpc) is 2.62. The minimum Gasteiger partial charge on any atom is -0.355 e. The van der Waals surface area contributed by atoms with Crippen molar-refractivity contribution >= 4 is 11.8 Å². The number of rotatable bonds is 8. The smallest absolute Gasteiger partial charge is 0.239 e.